The molecule has 1 saturated heterocycles. The summed E-state index contributed by atoms with van der Waals surface area (Å²) in [5, 5.41) is 10.1. The van der Waals surface area contributed by atoms with E-state index in [0.29, 0.717) is 12.4 Å². The third kappa shape index (κ3) is 4.05. The van der Waals surface area contributed by atoms with Crippen LogP contribution in [0.5, 0.6) is 0 Å². The highest BCUT2D eigenvalue weighted by Crippen LogP contribution is 2.27. The fourth-order valence-electron chi connectivity index (χ4n) is 3.24. The van der Waals surface area contributed by atoms with Crippen molar-refractivity contribution in [3.8, 4) is 0 Å². The van der Waals surface area contributed by atoms with Crippen LogP contribution in [-0.2, 0) is 14.3 Å². The van der Waals surface area contributed by atoms with Gasteiger partial charge in [-0.3, -0.25) is 9.69 Å². The first kappa shape index (κ1) is 18.7. The van der Waals surface area contributed by atoms with Crippen molar-refractivity contribution < 1.29 is 24.2 Å². The van der Waals surface area contributed by atoms with Crippen molar-refractivity contribution in [2.24, 2.45) is 4.99 Å². The molecule has 136 valence electrons. The molecule has 0 aliphatic carbocycles. The molecule has 2 heterocycles. The Hall–Kier alpha value is -1.67. The molecule has 2 aliphatic heterocycles. The average Bonchev–Trinajstić information content (AvgIpc) is 2.99. The van der Waals surface area contributed by atoms with Gasteiger partial charge in [0.05, 0.1) is 12.6 Å². The standard InChI is InChI=1S/C16H27N3O5/c1-9(2)19(10(3)4)14-7-18(16(22)17-14)15-6-12(21)13(24-15)8-23-11(5)20/h9-10,12-13,15,21H,6-8H2,1-5H3/t12-,13+,15+/m0/s1. The highest BCUT2D eigenvalue weighted by atomic mass is 16.6. The Kier molecular flexibility index (Phi) is 5.82. The number of rotatable bonds is 5. The zero-order valence-corrected chi connectivity index (χ0v) is 14.9. The minimum atomic E-state index is -0.780. The third-order valence-corrected chi connectivity index (χ3v) is 4.20. The molecule has 0 aromatic carbocycles. The maximum Gasteiger partial charge on any atom is 0.347 e. The molecule has 8 nitrogen and oxygen atoms in total. The highest BCUT2D eigenvalue weighted by Gasteiger charge is 2.42. The Labute approximate surface area is 142 Å². The Balaban J connectivity index is 2.00. The topological polar surface area (TPSA) is 91.7 Å². The fourth-order valence-corrected chi connectivity index (χ4v) is 3.24. The normalized spacial score (nSPS) is 27.2. The lowest BCUT2D eigenvalue weighted by atomic mass is 10.2. The van der Waals surface area contributed by atoms with Gasteiger partial charge in [0.1, 0.15) is 24.8 Å². The smallest absolute Gasteiger partial charge is 0.347 e. The predicted molar refractivity (Wildman–Crippen MR) is 87.6 cm³/mol. The number of aliphatic hydroxyl groups is 1. The van der Waals surface area contributed by atoms with Gasteiger partial charge in [0, 0.05) is 25.4 Å². The van der Waals surface area contributed by atoms with Crippen molar-refractivity contribution in [2.75, 3.05) is 13.2 Å². The summed E-state index contributed by atoms with van der Waals surface area (Å²) in [5.74, 6) is 0.285. The van der Waals surface area contributed by atoms with Crippen LogP contribution >= 0.6 is 0 Å². The maximum absolute atomic E-state index is 12.3. The van der Waals surface area contributed by atoms with E-state index in [1.807, 2.05) is 0 Å². The summed E-state index contributed by atoms with van der Waals surface area (Å²) in [6.45, 7) is 9.86. The Morgan fingerprint density at radius 1 is 1.42 bits per heavy atom. The largest absolute Gasteiger partial charge is 0.463 e. The summed E-state index contributed by atoms with van der Waals surface area (Å²) in [5.41, 5.74) is 0. The quantitative estimate of drug-likeness (QED) is 0.750. The van der Waals surface area contributed by atoms with Crippen LogP contribution in [-0.4, -0.2) is 76.4 Å². The van der Waals surface area contributed by atoms with E-state index in [9.17, 15) is 14.7 Å². The van der Waals surface area contributed by atoms with Crippen LogP contribution in [0.1, 0.15) is 41.0 Å². The van der Waals surface area contributed by atoms with Crippen molar-refractivity contribution in [1.29, 1.82) is 0 Å². The van der Waals surface area contributed by atoms with Crippen molar-refractivity contribution >= 4 is 17.8 Å². The zero-order valence-electron chi connectivity index (χ0n) is 14.9. The van der Waals surface area contributed by atoms with Crippen LogP contribution in [0, 0.1) is 0 Å². The molecule has 0 aromatic rings. The van der Waals surface area contributed by atoms with Crippen LogP contribution in [0.15, 0.2) is 4.99 Å². The molecule has 0 aromatic heterocycles. The SMILES string of the molecule is CC(=O)OC[C@H]1O[C@@H](N2CC(N(C(C)C)C(C)C)=NC2=O)C[C@@H]1O. The van der Waals surface area contributed by atoms with Crippen LogP contribution < -0.4 is 0 Å². The van der Waals surface area contributed by atoms with Gasteiger partial charge < -0.3 is 19.5 Å². The number of esters is 1. The van der Waals surface area contributed by atoms with E-state index in [1.165, 1.54) is 11.8 Å². The van der Waals surface area contributed by atoms with Gasteiger partial charge in [0.2, 0.25) is 0 Å². The number of hydrogen-bond acceptors (Lipinski definition) is 6. The number of hydrogen-bond donors (Lipinski definition) is 1. The molecule has 2 amide bonds. The Morgan fingerprint density at radius 2 is 2.04 bits per heavy atom. The first-order chi connectivity index (χ1) is 11.2. The van der Waals surface area contributed by atoms with Crippen LogP contribution in [0.4, 0.5) is 4.79 Å². The molecule has 3 atom stereocenters. The van der Waals surface area contributed by atoms with Gasteiger partial charge in [-0.1, -0.05) is 0 Å². The molecule has 2 aliphatic rings. The minimum absolute atomic E-state index is 0.0210. The van der Waals surface area contributed by atoms with Gasteiger partial charge in [0.25, 0.3) is 0 Å². The lowest BCUT2D eigenvalue weighted by molar-refractivity contribution is -0.147. The summed E-state index contributed by atoms with van der Waals surface area (Å²) in [6.07, 6.45) is -1.68. The van der Waals surface area contributed by atoms with Gasteiger partial charge in [-0.2, -0.15) is 4.99 Å². The lowest BCUT2D eigenvalue weighted by Gasteiger charge is -2.33. The Bertz CT molecular complexity index is 512. The number of aliphatic imine (C=N–C) groups is 1. The van der Waals surface area contributed by atoms with E-state index in [2.05, 4.69) is 37.6 Å². The van der Waals surface area contributed by atoms with Crippen LogP contribution in [0.3, 0.4) is 0 Å². The molecule has 0 saturated carbocycles. The monoisotopic (exact) mass is 341 g/mol. The maximum atomic E-state index is 12.3. The van der Waals surface area contributed by atoms with E-state index < -0.39 is 24.4 Å². The Morgan fingerprint density at radius 3 is 2.58 bits per heavy atom. The summed E-state index contributed by atoms with van der Waals surface area (Å²) in [6, 6.07) is 0.0910. The molecular weight excluding hydrogens is 314 g/mol. The van der Waals surface area contributed by atoms with Gasteiger partial charge in [0.15, 0.2) is 0 Å². The molecule has 0 radical (unpaired) electrons. The van der Waals surface area contributed by atoms with E-state index in [1.54, 1.807) is 0 Å². The fraction of sp³-hybridized carbons (Fsp3) is 0.812. The number of amidine groups is 1. The van der Waals surface area contributed by atoms with Crippen molar-refractivity contribution in [1.82, 2.24) is 9.80 Å². The summed E-state index contributed by atoms with van der Waals surface area (Å²) >= 11 is 0. The predicted octanol–water partition coefficient (Wildman–Crippen LogP) is 0.978. The molecular formula is C16H27N3O5. The molecule has 0 bridgehead atoms. The van der Waals surface area contributed by atoms with Gasteiger partial charge in [-0.05, 0) is 27.7 Å². The van der Waals surface area contributed by atoms with Crippen molar-refractivity contribution in [3.63, 3.8) is 0 Å². The van der Waals surface area contributed by atoms with E-state index in [0.717, 1.165) is 0 Å². The van der Waals surface area contributed by atoms with Gasteiger partial charge in [-0.15, -0.1) is 0 Å². The molecule has 1 N–H and O–H groups in total. The number of amides is 2. The number of aliphatic hydroxyl groups excluding tert-OH is 1. The second kappa shape index (κ2) is 7.48. The molecule has 2 rings (SSSR count). The number of ether oxygens (including phenoxy) is 2. The molecule has 1 fully saturated rings. The highest BCUT2D eigenvalue weighted by molar-refractivity contribution is 6.01. The van der Waals surface area contributed by atoms with Crippen LogP contribution in [0.2, 0.25) is 0 Å². The summed E-state index contributed by atoms with van der Waals surface area (Å²) < 4.78 is 10.6. The average molecular weight is 341 g/mol. The lowest BCUT2D eigenvalue weighted by Crippen LogP contribution is -2.46. The summed E-state index contributed by atoms with van der Waals surface area (Å²) in [7, 11) is 0. The third-order valence-electron chi connectivity index (χ3n) is 4.20. The van der Waals surface area contributed by atoms with Crippen LogP contribution in [0.25, 0.3) is 0 Å². The summed E-state index contributed by atoms with van der Waals surface area (Å²) in [4.78, 5) is 30.9. The second-order valence-corrected chi connectivity index (χ2v) is 6.77. The van der Waals surface area contributed by atoms with E-state index >= 15 is 0 Å². The molecule has 8 heteroatoms. The van der Waals surface area contributed by atoms with Crippen molar-refractivity contribution in [3.05, 3.63) is 0 Å². The number of nitrogens with zero attached hydrogens (tertiary/aromatic N) is 3. The van der Waals surface area contributed by atoms with Crippen molar-refractivity contribution in [2.45, 2.75) is 71.6 Å². The van der Waals surface area contributed by atoms with Gasteiger partial charge in [-0.25, -0.2) is 4.79 Å². The molecule has 24 heavy (non-hydrogen) atoms. The molecule has 0 unspecified atom stereocenters. The number of carbonyl (C=O) groups is 2. The zero-order chi connectivity index (χ0) is 18.0. The number of carbonyl (C=O) groups excluding carboxylic acids is 2. The first-order valence-corrected chi connectivity index (χ1v) is 8.34. The minimum Gasteiger partial charge on any atom is -0.463 e. The molecule has 0 spiro atoms. The first-order valence-electron chi connectivity index (χ1n) is 8.34. The van der Waals surface area contributed by atoms with Gasteiger partial charge >= 0.3 is 12.0 Å². The van der Waals surface area contributed by atoms with E-state index in [4.69, 9.17) is 9.47 Å². The van der Waals surface area contributed by atoms with E-state index in [-0.39, 0.29) is 31.1 Å². The number of urea groups is 1. The second-order valence-electron chi connectivity index (χ2n) is 6.77.